The second-order valence-corrected chi connectivity index (χ2v) is 6.37. The van der Waals surface area contributed by atoms with Crippen molar-refractivity contribution in [3.8, 4) is 11.5 Å². The third kappa shape index (κ3) is 3.21. The molecule has 0 amide bonds. The van der Waals surface area contributed by atoms with Gasteiger partial charge in [0, 0.05) is 32.2 Å². The van der Waals surface area contributed by atoms with E-state index in [2.05, 4.69) is 51.9 Å². The molecule has 1 heterocycles. The Bertz CT molecular complexity index is 875. The van der Waals surface area contributed by atoms with Crippen molar-refractivity contribution in [3.05, 3.63) is 71.1 Å². The van der Waals surface area contributed by atoms with Gasteiger partial charge in [0.15, 0.2) is 0 Å². The molecule has 1 aliphatic carbocycles. The van der Waals surface area contributed by atoms with Gasteiger partial charge in [-0.1, -0.05) is 36.4 Å². The van der Waals surface area contributed by atoms with Crippen LogP contribution in [0.3, 0.4) is 0 Å². The van der Waals surface area contributed by atoms with Crippen LogP contribution in [0.5, 0.6) is 0 Å². The predicted molar refractivity (Wildman–Crippen MR) is 95.0 cm³/mol. The highest BCUT2D eigenvalue weighted by Gasteiger charge is 2.31. The minimum atomic E-state index is 0.0953. The summed E-state index contributed by atoms with van der Waals surface area (Å²) in [7, 11) is 1.78. The zero-order valence-corrected chi connectivity index (χ0v) is 14.4. The summed E-state index contributed by atoms with van der Waals surface area (Å²) in [6.07, 6.45) is 1.08. The summed E-state index contributed by atoms with van der Waals surface area (Å²) in [6.45, 7) is 2.56. The Kier molecular flexibility index (Phi) is 4.34. The molecule has 0 saturated heterocycles. The molecule has 4 rings (SSSR count). The average molecular weight is 335 g/mol. The molecule has 0 aliphatic heterocycles. The topological polar surface area (TPSA) is 60.2 Å². The Morgan fingerprint density at radius 2 is 2.04 bits per heavy atom. The largest absolute Gasteiger partial charge is 0.421 e. The number of ether oxygens (including phenoxy) is 1. The van der Waals surface area contributed by atoms with E-state index in [0.29, 0.717) is 11.8 Å². The fourth-order valence-corrected chi connectivity index (χ4v) is 3.51. The number of aryl methyl sites for hydroxylation is 1. The number of nitrogens with zero attached hydrogens (tertiary/aromatic N) is 2. The summed E-state index contributed by atoms with van der Waals surface area (Å²) < 4.78 is 11.3. The summed E-state index contributed by atoms with van der Waals surface area (Å²) in [5.41, 5.74) is 4.77. The summed E-state index contributed by atoms with van der Waals surface area (Å²) in [6, 6.07) is 17.0. The molecule has 2 atom stereocenters. The Morgan fingerprint density at radius 3 is 2.84 bits per heavy atom. The maximum Gasteiger partial charge on any atom is 0.247 e. The molecule has 0 unspecified atom stereocenters. The van der Waals surface area contributed by atoms with Gasteiger partial charge in [-0.3, -0.25) is 0 Å². The molecular weight excluding hydrogens is 314 g/mol. The van der Waals surface area contributed by atoms with Crippen molar-refractivity contribution in [1.29, 1.82) is 0 Å². The highest BCUT2D eigenvalue weighted by Crippen LogP contribution is 2.33. The van der Waals surface area contributed by atoms with Crippen molar-refractivity contribution in [2.45, 2.75) is 32.0 Å². The van der Waals surface area contributed by atoms with Crippen LogP contribution in [0.15, 0.2) is 52.9 Å². The van der Waals surface area contributed by atoms with E-state index in [1.165, 1.54) is 16.7 Å². The quantitative estimate of drug-likeness (QED) is 0.774. The number of benzene rings is 2. The van der Waals surface area contributed by atoms with E-state index in [4.69, 9.17) is 9.15 Å². The van der Waals surface area contributed by atoms with E-state index in [1.54, 1.807) is 14.0 Å². The molecule has 5 nitrogen and oxygen atoms in total. The highest BCUT2D eigenvalue weighted by molar-refractivity contribution is 5.53. The molecule has 3 aromatic rings. The minimum absolute atomic E-state index is 0.0953. The van der Waals surface area contributed by atoms with Crippen molar-refractivity contribution < 1.29 is 9.15 Å². The second-order valence-electron chi connectivity index (χ2n) is 6.37. The van der Waals surface area contributed by atoms with Gasteiger partial charge in [-0.05, 0) is 35.2 Å². The van der Waals surface area contributed by atoms with Gasteiger partial charge in [-0.25, -0.2) is 0 Å². The molecule has 0 bridgehead atoms. The van der Waals surface area contributed by atoms with Gasteiger partial charge in [0.2, 0.25) is 11.8 Å². The zero-order chi connectivity index (χ0) is 17.2. The van der Waals surface area contributed by atoms with E-state index < -0.39 is 0 Å². The van der Waals surface area contributed by atoms with Gasteiger partial charge in [-0.15, -0.1) is 10.2 Å². The maximum absolute atomic E-state index is 5.74. The van der Waals surface area contributed by atoms with Gasteiger partial charge in [0.1, 0.15) is 0 Å². The number of methoxy groups -OCH3 is 1. The second kappa shape index (κ2) is 6.78. The standard InChI is InChI=1S/C20H21N3O2/c1-13-22-23-20(25-13)16-8-5-6-14(10-16)12-21-18-11-15-7-3-4-9-17(15)19(18)24-2/h3-10,18-19,21H,11-12H2,1-2H3/t18-,19+/m1/s1. The fraction of sp³-hybridized carbons (Fsp3) is 0.300. The lowest BCUT2D eigenvalue weighted by molar-refractivity contribution is 0.0777. The normalized spacial score (nSPS) is 19.1. The van der Waals surface area contributed by atoms with Crippen molar-refractivity contribution in [2.24, 2.45) is 0 Å². The number of hydrogen-bond acceptors (Lipinski definition) is 5. The lowest BCUT2D eigenvalue weighted by Crippen LogP contribution is -2.33. The van der Waals surface area contributed by atoms with Gasteiger partial charge < -0.3 is 14.5 Å². The Labute approximate surface area is 147 Å². The van der Waals surface area contributed by atoms with Crippen LogP contribution < -0.4 is 5.32 Å². The summed E-state index contributed by atoms with van der Waals surface area (Å²) in [5, 5.41) is 11.6. The van der Waals surface area contributed by atoms with Crippen LogP contribution >= 0.6 is 0 Å². The molecule has 0 saturated carbocycles. The molecule has 1 aliphatic rings. The lowest BCUT2D eigenvalue weighted by atomic mass is 10.1. The van der Waals surface area contributed by atoms with Crippen LogP contribution in [-0.4, -0.2) is 23.3 Å². The average Bonchev–Trinajstić information content (AvgIpc) is 3.23. The predicted octanol–water partition coefficient (Wildman–Crippen LogP) is 3.45. The van der Waals surface area contributed by atoms with Gasteiger partial charge in [-0.2, -0.15) is 0 Å². The third-order valence-corrected chi connectivity index (χ3v) is 4.69. The number of hydrogen-bond donors (Lipinski definition) is 1. The van der Waals surface area contributed by atoms with Crippen LogP contribution in [0.2, 0.25) is 0 Å². The monoisotopic (exact) mass is 335 g/mol. The zero-order valence-electron chi connectivity index (χ0n) is 14.4. The number of nitrogens with one attached hydrogen (secondary N) is 1. The van der Waals surface area contributed by atoms with E-state index in [9.17, 15) is 0 Å². The van der Waals surface area contributed by atoms with Gasteiger partial charge >= 0.3 is 0 Å². The maximum atomic E-state index is 5.74. The lowest BCUT2D eigenvalue weighted by Gasteiger charge is -2.20. The fourth-order valence-electron chi connectivity index (χ4n) is 3.51. The molecule has 1 aromatic heterocycles. The number of fused-ring (bicyclic) bond motifs is 1. The summed E-state index contributed by atoms with van der Waals surface area (Å²) in [5.74, 6) is 1.13. The molecule has 0 spiro atoms. The highest BCUT2D eigenvalue weighted by atomic mass is 16.5. The van der Waals surface area contributed by atoms with Crippen LogP contribution in [-0.2, 0) is 17.7 Å². The summed E-state index contributed by atoms with van der Waals surface area (Å²) in [4.78, 5) is 0. The number of rotatable bonds is 5. The number of aromatic nitrogens is 2. The van der Waals surface area contributed by atoms with Gasteiger partial charge in [0.05, 0.1) is 6.10 Å². The Balaban J connectivity index is 1.47. The minimum Gasteiger partial charge on any atom is -0.421 e. The first-order chi connectivity index (χ1) is 12.2. The summed E-state index contributed by atoms with van der Waals surface area (Å²) >= 11 is 0. The van der Waals surface area contributed by atoms with Crippen molar-refractivity contribution in [3.63, 3.8) is 0 Å². The van der Waals surface area contributed by atoms with Gasteiger partial charge in [0.25, 0.3) is 0 Å². The van der Waals surface area contributed by atoms with E-state index in [0.717, 1.165) is 18.5 Å². The van der Waals surface area contributed by atoms with Crippen LogP contribution in [0.4, 0.5) is 0 Å². The van der Waals surface area contributed by atoms with Crippen LogP contribution in [0.1, 0.15) is 28.7 Å². The van der Waals surface area contributed by atoms with Crippen LogP contribution in [0, 0.1) is 6.92 Å². The van der Waals surface area contributed by atoms with E-state index in [1.807, 2.05) is 12.1 Å². The molecular formula is C20H21N3O2. The molecule has 2 aromatic carbocycles. The van der Waals surface area contributed by atoms with Crippen molar-refractivity contribution >= 4 is 0 Å². The first-order valence-electron chi connectivity index (χ1n) is 8.48. The molecule has 0 radical (unpaired) electrons. The Morgan fingerprint density at radius 1 is 1.16 bits per heavy atom. The third-order valence-electron chi connectivity index (χ3n) is 4.69. The Hall–Kier alpha value is -2.50. The first kappa shape index (κ1) is 16.0. The van der Waals surface area contributed by atoms with Crippen molar-refractivity contribution in [2.75, 3.05) is 7.11 Å². The van der Waals surface area contributed by atoms with Crippen molar-refractivity contribution in [1.82, 2.24) is 15.5 Å². The molecule has 1 N–H and O–H groups in total. The molecule has 5 heteroatoms. The molecule has 0 fully saturated rings. The SMILES string of the molecule is CO[C@H]1c2ccccc2C[C@H]1NCc1cccc(-c2nnc(C)o2)c1. The van der Waals surface area contributed by atoms with Crippen LogP contribution in [0.25, 0.3) is 11.5 Å². The smallest absolute Gasteiger partial charge is 0.247 e. The first-order valence-corrected chi connectivity index (χ1v) is 8.48. The van der Waals surface area contributed by atoms with E-state index in [-0.39, 0.29) is 12.1 Å². The van der Waals surface area contributed by atoms with E-state index >= 15 is 0 Å². The molecule has 25 heavy (non-hydrogen) atoms. The molecule has 128 valence electrons.